The Morgan fingerprint density at radius 1 is 1.17 bits per heavy atom. The summed E-state index contributed by atoms with van der Waals surface area (Å²) in [6, 6.07) is 8.38. The van der Waals surface area contributed by atoms with Gasteiger partial charge in [-0.1, -0.05) is 12.1 Å². The maximum absolute atomic E-state index is 12.6. The van der Waals surface area contributed by atoms with Crippen molar-refractivity contribution in [1.29, 1.82) is 0 Å². The lowest BCUT2D eigenvalue weighted by Gasteiger charge is -2.27. The number of nitrogens with zero attached hydrogens (tertiary/aromatic N) is 2. The molecular formula is C13H18N2OS2. The van der Waals surface area contributed by atoms with E-state index in [0.717, 1.165) is 10.2 Å². The summed E-state index contributed by atoms with van der Waals surface area (Å²) in [5, 5.41) is 0. The average molecular weight is 282 g/mol. The van der Waals surface area contributed by atoms with Gasteiger partial charge < -0.3 is 0 Å². The van der Waals surface area contributed by atoms with Crippen molar-refractivity contribution in [3.05, 3.63) is 24.3 Å². The fraction of sp³-hybridized carbons (Fsp3) is 0.462. The third-order valence-corrected chi connectivity index (χ3v) is 5.76. The summed E-state index contributed by atoms with van der Waals surface area (Å²) in [6.07, 6.45) is 0. The Hall–Kier alpha value is -0.780. The first-order valence-electron chi connectivity index (χ1n) is 6.06. The molecule has 1 aromatic carbocycles. The summed E-state index contributed by atoms with van der Waals surface area (Å²) in [6.45, 7) is 8.24. The largest absolute Gasteiger partial charge is 0.235 e. The lowest BCUT2D eigenvalue weighted by molar-refractivity contribution is 0.320. The van der Waals surface area contributed by atoms with E-state index in [9.17, 15) is 4.21 Å². The Bertz CT molecular complexity index is 522. The average Bonchev–Trinajstić information content (AvgIpc) is 2.71. The van der Waals surface area contributed by atoms with Gasteiger partial charge in [-0.15, -0.1) is 11.3 Å². The number of benzene rings is 1. The van der Waals surface area contributed by atoms with Crippen molar-refractivity contribution in [1.82, 2.24) is 9.29 Å². The molecule has 5 heteroatoms. The van der Waals surface area contributed by atoms with Crippen molar-refractivity contribution in [3.63, 3.8) is 0 Å². The topological polar surface area (TPSA) is 33.2 Å². The van der Waals surface area contributed by atoms with Crippen LogP contribution in [-0.4, -0.2) is 25.6 Å². The van der Waals surface area contributed by atoms with E-state index in [4.69, 9.17) is 0 Å². The van der Waals surface area contributed by atoms with Crippen molar-refractivity contribution in [2.45, 2.75) is 44.1 Å². The molecule has 2 rings (SSSR count). The molecule has 0 unspecified atom stereocenters. The molecule has 0 aliphatic rings. The van der Waals surface area contributed by atoms with Gasteiger partial charge in [0.2, 0.25) is 0 Å². The molecule has 0 spiro atoms. The quantitative estimate of drug-likeness (QED) is 0.860. The van der Waals surface area contributed by atoms with Crippen molar-refractivity contribution >= 4 is 32.5 Å². The van der Waals surface area contributed by atoms with Crippen LogP contribution in [0.4, 0.5) is 0 Å². The maximum Gasteiger partial charge on any atom is 0.197 e. The molecule has 3 nitrogen and oxygen atoms in total. The van der Waals surface area contributed by atoms with E-state index in [1.54, 1.807) is 0 Å². The minimum atomic E-state index is -1.17. The first kappa shape index (κ1) is 13.6. The Kier molecular flexibility index (Phi) is 4.14. The molecule has 0 aliphatic heterocycles. The predicted molar refractivity (Wildman–Crippen MR) is 78.1 cm³/mol. The van der Waals surface area contributed by atoms with Gasteiger partial charge in [-0.3, -0.25) is 0 Å². The number of fused-ring (bicyclic) bond motifs is 1. The molecule has 0 N–H and O–H groups in total. The van der Waals surface area contributed by atoms with Crippen LogP contribution in [0.5, 0.6) is 0 Å². The van der Waals surface area contributed by atoms with Crippen LogP contribution in [0.1, 0.15) is 27.7 Å². The van der Waals surface area contributed by atoms with Crippen LogP contribution in [0.25, 0.3) is 10.2 Å². The lowest BCUT2D eigenvalue weighted by atomic mass is 10.3. The number of aromatic nitrogens is 1. The van der Waals surface area contributed by atoms with Crippen LogP contribution in [0.3, 0.4) is 0 Å². The summed E-state index contributed by atoms with van der Waals surface area (Å²) in [4.78, 5) is 4.48. The van der Waals surface area contributed by atoms with E-state index >= 15 is 0 Å². The molecule has 0 amide bonds. The van der Waals surface area contributed by atoms with Crippen LogP contribution in [0.15, 0.2) is 28.6 Å². The lowest BCUT2D eigenvalue weighted by Crippen LogP contribution is -2.38. The minimum Gasteiger partial charge on any atom is -0.235 e. The molecule has 0 radical (unpaired) electrons. The first-order valence-corrected chi connectivity index (χ1v) is 7.99. The van der Waals surface area contributed by atoms with Crippen molar-refractivity contribution in [2.75, 3.05) is 0 Å². The Morgan fingerprint density at radius 2 is 1.78 bits per heavy atom. The molecule has 0 aliphatic carbocycles. The van der Waals surface area contributed by atoms with E-state index in [1.807, 2.05) is 28.6 Å². The molecule has 1 aromatic heterocycles. The number of rotatable bonds is 4. The third kappa shape index (κ3) is 2.63. The van der Waals surface area contributed by atoms with Crippen molar-refractivity contribution in [2.24, 2.45) is 0 Å². The second-order valence-electron chi connectivity index (χ2n) is 4.74. The summed E-state index contributed by atoms with van der Waals surface area (Å²) < 4.78 is 16.4. The van der Waals surface area contributed by atoms with E-state index in [1.165, 1.54) is 11.3 Å². The number of hydrogen-bond donors (Lipinski definition) is 0. The number of thiazole rings is 1. The molecule has 1 heterocycles. The first-order chi connectivity index (χ1) is 8.50. The van der Waals surface area contributed by atoms with Crippen LogP contribution in [-0.2, 0) is 11.0 Å². The smallest absolute Gasteiger partial charge is 0.197 e. The monoisotopic (exact) mass is 282 g/mol. The van der Waals surface area contributed by atoms with Gasteiger partial charge in [-0.2, -0.15) is 0 Å². The van der Waals surface area contributed by atoms with Crippen molar-refractivity contribution in [3.8, 4) is 0 Å². The molecule has 0 saturated carbocycles. The molecule has 0 saturated heterocycles. The van der Waals surface area contributed by atoms with Crippen LogP contribution in [0, 0.1) is 0 Å². The zero-order chi connectivity index (χ0) is 13.3. The molecule has 1 atom stereocenters. The standard InChI is InChI=1S/C13H18N2OS2/c1-9(2)15(10(3)4)18(16)13-14-11-7-5-6-8-12(11)17-13/h5-10H,1-4H3/t18-/m0/s1. The van der Waals surface area contributed by atoms with Crippen molar-refractivity contribution < 1.29 is 4.21 Å². The van der Waals surface area contributed by atoms with E-state index in [0.29, 0.717) is 4.34 Å². The predicted octanol–water partition coefficient (Wildman–Crippen LogP) is 3.44. The van der Waals surface area contributed by atoms with Gasteiger partial charge in [0.15, 0.2) is 15.3 Å². The zero-order valence-electron chi connectivity index (χ0n) is 11.1. The third-order valence-electron chi connectivity index (χ3n) is 2.63. The highest BCUT2D eigenvalue weighted by atomic mass is 32.2. The Morgan fingerprint density at radius 3 is 2.33 bits per heavy atom. The summed E-state index contributed by atoms with van der Waals surface area (Å²) in [5.41, 5.74) is 0.929. The highest BCUT2D eigenvalue weighted by Crippen LogP contribution is 2.26. The highest BCUT2D eigenvalue weighted by Gasteiger charge is 2.24. The van der Waals surface area contributed by atoms with Gasteiger partial charge in [-0.05, 0) is 39.8 Å². The molecule has 98 valence electrons. The number of hydrogen-bond acceptors (Lipinski definition) is 3. The van der Waals surface area contributed by atoms with Crippen LogP contribution in [0.2, 0.25) is 0 Å². The molecular weight excluding hydrogens is 264 g/mol. The highest BCUT2D eigenvalue weighted by molar-refractivity contribution is 7.85. The normalized spacial score (nSPS) is 13.9. The zero-order valence-corrected chi connectivity index (χ0v) is 12.7. The Balaban J connectivity index is 2.38. The van der Waals surface area contributed by atoms with Gasteiger partial charge in [-0.25, -0.2) is 13.5 Å². The van der Waals surface area contributed by atoms with E-state index < -0.39 is 11.0 Å². The second-order valence-corrected chi connectivity index (χ2v) is 7.34. The summed E-state index contributed by atoms with van der Waals surface area (Å²) in [5.74, 6) is 0. The molecule has 18 heavy (non-hydrogen) atoms. The summed E-state index contributed by atoms with van der Waals surface area (Å²) in [7, 11) is -1.17. The maximum atomic E-state index is 12.6. The van der Waals surface area contributed by atoms with Crippen LogP contribution < -0.4 is 0 Å². The fourth-order valence-corrected chi connectivity index (χ4v) is 4.63. The Labute approximate surface area is 114 Å². The van der Waals surface area contributed by atoms with Gasteiger partial charge in [0, 0.05) is 12.1 Å². The molecule has 0 bridgehead atoms. The number of para-hydroxylation sites is 1. The molecule has 0 fully saturated rings. The van der Waals surface area contributed by atoms with E-state index in [2.05, 4.69) is 32.7 Å². The second kappa shape index (κ2) is 5.47. The van der Waals surface area contributed by atoms with Gasteiger partial charge >= 0.3 is 0 Å². The molecule has 2 aromatic rings. The van der Waals surface area contributed by atoms with Gasteiger partial charge in [0.05, 0.1) is 10.2 Å². The fourth-order valence-electron chi connectivity index (χ4n) is 2.00. The van der Waals surface area contributed by atoms with Crippen LogP contribution >= 0.6 is 11.3 Å². The van der Waals surface area contributed by atoms with E-state index in [-0.39, 0.29) is 12.1 Å². The summed E-state index contributed by atoms with van der Waals surface area (Å²) >= 11 is 1.52. The van der Waals surface area contributed by atoms with Gasteiger partial charge in [0.1, 0.15) is 0 Å². The SMILES string of the molecule is CC(C)N(C(C)C)[S@@](=O)c1nc2ccccc2s1. The minimum absolute atomic E-state index is 0.234. The van der Waals surface area contributed by atoms with Gasteiger partial charge in [0.25, 0.3) is 0 Å².